The number of nitrogens with zero attached hydrogens (tertiary/aromatic N) is 2. The molecule has 6 nitrogen and oxygen atoms in total. The first-order valence-corrected chi connectivity index (χ1v) is 8.13. The van der Waals surface area contributed by atoms with Crippen molar-refractivity contribution in [2.45, 2.75) is 32.6 Å². The molecule has 2 aliphatic rings. The number of hydrogen-bond donors (Lipinski definition) is 2. The molecule has 2 heterocycles. The number of halogens is 1. The van der Waals surface area contributed by atoms with E-state index in [1.54, 1.807) is 0 Å². The Labute approximate surface area is 139 Å². The molecule has 0 aromatic rings. The van der Waals surface area contributed by atoms with Crippen molar-refractivity contribution in [3.8, 4) is 0 Å². The number of amides is 3. The van der Waals surface area contributed by atoms with Gasteiger partial charge in [-0.2, -0.15) is 0 Å². The lowest BCUT2D eigenvalue weighted by Crippen LogP contribution is -2.52. The highest BCUT2D eigenvalue weighted by Crippen LogP contribution is 2.21. The van der Waals surface area contributed by atoms with E-state index < -0.39 is 0 Å². The summed E-state index contributed by atoms with van der Waals surface area (Å²) in [6, 6.07) is 0.109. The Hall–Kier alpha value is -1.01. The maximum absolute atomic E-state index is 12.5. The van der Waals surface area contributed by atoms with Crippen LogP contribution in [-0.4, -0.2) is 61.0 Å². The minimum absolute atomic E-state index is 0. The number of nitrogens with one attached hydrogen (secondary N) is 1. The molecular formula is C15H29ClN4O2. The van der Waals surface area contributed by atoms with E-state index in [2.05, 4.69) is 12.2 Å². The highest BCUT2D eigenvalue weighted by Gasteiger charge is 2.31. The van der Waals surface area contributed by atoms with Gasteiger partial charge in [-0.15, -0.1) is 12.4 Å². The Balaban J connectivity index is 0.00000242. The fourth-order valence-electron chi connectivity index (χ4n) is 3.10. The van der Waals surface area contributed by atoms with Crippen LogP contribution >= 0.6 is 12.4 Å². The third kappa shape index (κ3) is 5.02. The Morgan fingerprint density at radius 3 is 2.45 bits per heavy atom. The van der Waals surface area contributed by atoms with E-state index in [1.807, 2.05) is 9.80 Å². The van der Waals surface area contributed by atoms with E-state index in [1.165, 1.54) is 0 Å². The van der Waals surface area contributed by atoms with Crippen molar-refractivity contribution in [2.24, 2.45) is 17.6 Å². The van der Waals surface area contributed by atoms with Crippen molar-refractivity contribution in [3.05, 3.63) is 0 Å². The minimum Gasteiger partial charge on any atom is -0.355 e. The van der Waals surface area contributed by atoms with Gasteiger partial charge in [0, 0.05) is 39.3 Å². The zero-order chi connectivity index (χ0) is 15.2. The van der Waals surface area contributed by atoms with Crippen molar-refractivity contribution in [2.75, 3.05) is 39.3 Å². The molecule has 0 spiro atoms. The number of piperidine rings is 2. The van der Waals surface area contributed by atoms with Crippen LogP contribution in [0.15, 0.2) is 0 Å². The fourth-order valence-corrected chi connectivity index (χ4v) is 3.10. The summed E-state index contributed by atoms with van der Waals surface area (Å²) in [4.78, 5) is 28.4. The SMILES string of the molecule is CC1CCN(C(=O)N2CCCC(C(=O)NCCN)C2)CC1.Cl. The van der Waals surface area contributed by atoms with Gasteiger partial charge in [-0.3, -0.25) is 4.79 Å². The van der Waals surface area contributed by atoms with Gasteiger partial charge < -0.3 is 20.9 Å². The van der Waals surface area contributed by atoms with Crippen molar-refractivity contribution in [1.29, 1.82) is 0 Å². The van der Waals surface area contributed by atoms with Gasteiger partial charge in [0.1, 0.15) is 0 Å². The van der Waals surface area contributed by atoms with Crippen molar-refractivity contribution < 1.29 is 9.59 Å². The van der Waals surface area contributed by atoms with Gasteiger partial charge in [0.15, 0.2) is 0 Å². The first-order chi connectivity index (χ1) is 10.1. The summed E-state index contributed by atoms with van der Waals surface area (Å²) in [5.41, 5.74) is 5.40. The topological polar surface area (TPSA) is 78.7 Å². The number of urea groups is 1. The molecular weight excluding hydrogens is 304 g/mol. The van der Waals surface area contributed by atoms with Gasteiger partial charge in [-0.25, -0.2) is 4.79 Å². The number of rotatable bonds is 3. The Morgan fingerprint density at radius 1 is 1.14 bits per heavy atom. The molecule has 2 saturated heterocycles. The molecule has 0 aliphatic carbocycles. The summed E-state index contributed by atoms with van der Waals surface area (Å²) in [5, 5.41) is 2.83. The van der Waals surface area contributed by atoms with Crippen LogP contribution in [0, 0.1) is 11.8 Å². The van der Waals surface area contributed by atoms with Crippen LogP contribution < -0.4 is 11.1 Å². The Kier molecular flexibility index (Phi) is 7.96. The van der Waals surface area contributed by atoms with Gasteiger partial charge >= 0.3 is 6.03 Å². The average Bonchev–Trinajstić information content (AvgIpc) is 2.52. The van der Waals surface area contributed by atoms with Gasteiger partial charge in [0.2, 0.25) is 5.91 Å². The number of nitrogens with two attached hydrogens (primary N) is 1. The highest BCUT2D eigenvalue weighted by molar-refractivity contribution is 5.85. The lowest BCUT2D eigenvalue weighted by molar-refractivity contribution is -0.126. The summed E-state index contributed by atoms with van der Waals surface area (Å²) in [6.07, 6.45) is 3.92. The largest absolute Gasteiger partial charge is 0.355 e. The lowest BCUT2D eigenvalue weighted by atomic mass is 9.96. The van der Waals surface area contributed by atoms with E-state index in [4.69, 9.17) is 5.73 Å². The van der Waals surface area contributed by atoms with Crippen LogP contribution in [-0.2, 0) is 4.79 Å². The molecule has 0 aromatic heterocycles. The van der Waals surface area contributed by atoms with E-state index in [9.17, 15) is 9.59 Å². The van der Waals surface area contributed by atoms with Crippen LogP contribution in [0.3, 0.4) is 0 Å². The molecule has 22 heavy (non-hydrogen) atoms. The maximum Gasteiger partial charge on any atom is 0.320 e. The van der Waals surface area contributed by atoms with Crippen molar-refractivity contribution in [1.82, 2.24) is 15.1 Å². The van der Waals surface area contributed by atoms with E-state index >= 15 is 0 Å². The summed E-state index contributed by atoms with van der Waals surface area (Å²) in [5.74, 6) is 0.661. The number of carbonyl (C=O) groups is 2. The van der Waals surface area contributed by atoms with Gasteiger partial charge in [-0.1, -0.05) is 6.92 Å². The standard InChI is InChI=1S/C15H28N4O2.ClH/c1-12-4-9-18(10-5-12)15(21)19-8-2-3-13(11-19)14(20)17-7-6-16;/h12-13H,2-11,16H2,1H3,(H,17,20);1H. The van der Waals surface area contributed by atoms with E-state index in [0.29, 0.717) is 25.6 Å². The molecule has 2 aliphatic heterocycles. The minimum atomic E-state index is -0.0852. The molecule has 3 N–H and O–H groups in total. The quantitative estimate of drug-likeness (QED) is 0.810. The smallest absolute Gasteiger partial charge is 0.320 e. The number of carbonyl (C=O) groups excluding carboxylic acids is 2. The Bertz CT molecular complexity index is 373. The lowest BCUT2D eigenvalue weighted by Gasteiger charge is -2.38. The summed E-state index contributed by atoms with van der Waals surface area (Å²) in [7, 11) is 0. The zero-order valence-corrected chi connectivity index (χ0v) is 14.2. The number of hydrogen-bond acceptors (Lipinski definition) is 3. The van der Waals surface area contributed by atoms with Crippen LogP contribution in [0.2, 0.25) is 0 Å². The molecule has 0 bridgehead atoms. The van der Waals surface area contributed by atoms with Crippen LogP contribution in [0.5, 0.6) is 0 Å². The van der Waals surface area contributed by atoms with Gasteiger partial charge in [0.25, 0.3) is 0 Å². The second kappa shape index (κ2) is 9.20. The monoisotopic (exact) mass is 332 g/mol. The van der Waals surface area contributed by atoms with Crippen LogP contribution in [0.25, 0.3) is 0 Å². The zero-order valence-electron chi connectivity index (χ0n) is 13.4. The predicted molar refractivity (Wildman–Crippen MR) is 89.0 cm³/mol. The van der Waals surface area contributed by atoms with Crippen molar-refractivity contribution >= 4 is 24.3 Å². The Morgan fingerprint density at radius 2 is 1.82 bits per heavy atom. The summed E-state index contributed by atoms with van der Waals surface area (Å²) >= 11 is 0. The molecule has 1 atom stereocenters. The van der Waals surface area contributed by atoms with E-state index in [-0.39, 0.29) is 30.3 Å². The molecule has 1 unspecified atom stereocenters. The second-order valence-corrected chi connectivity index (χ2v) is 6.32. The molecule has 2 fully saturated rings. The van der Waals surface area contributed by atoms with Gasteiger partial charge in [-0.05, 0) is 31.6 Å². The molecule has 0 saturated carbocycles. The second-order valence-electron chi connectivity index (χ2n) is 6.32. The normalized spacial score (nSPS) is 22.9. The van der Waals surface area contributed by atoms with Crippen molar-refractivity contribution in [3.63, 3.8) is 0 Å². The number of likely N-dealkylation sites (tertiary alicyclic amines) is 2. The fraction of sp³-hybridized carbons (Fsp3) is 0.867. The summed E-state index contributed by atoms with van der Waals surface area (Å²) < 4.78 is 0. The highest BCUT2D eigenvalue weighted by atomic mass is 35.5. The first-order valence-electron chi connectivity index (χ1n) is 8.13. The van der Waals surface area contributed by atoms with Crippen LogP contribution in [0.1, 0.15) is 32.6 Å². The molecule has 7 heteroatoms. The third-order valence-electron chi connectivity index (χ3n) is 4.56. The molecule has 0 aromatic carbocycles. The van der Waals surface area contributed by atoms with Gasteiger partial charge in [0.05, 0.1) is 5.92 Å². The predicted octanol–water partition coefficient (Wildman–Crippen LogP) is 1.05. The first kappa shape index (κ1) is 19.0. The van der Waals surface area contributed by atoms with E-state index in [0.717, 1.165) is 45.3 Å². The molecule has 0 radical (unpaired) electrons. The average molecular weight is 333 g/mol. The molecule has 2 rings (SSSR count). The summed E-state index contributed by atoms with van der Waals surface area (Å²) in [6.45, 7) is 6.20. The molecule has 128 valence electrons. The van der Waals surface area contributed by atoms with Crippen LogP contribution in [0.4, 0.5) is 4.79 Å². The maximum atomic E-state index is 12.5. The third-order valence-corrected chi connectivity index (χ3v) is 4.56. The molecule has 3 amide bonds.